The summed E-state index contributed by atoms with van der Waals surface area (Å²) >= 11 is 0. The molecule has 0 aliphatic heterocycles. The summed E-state index contributed by atoms with van der Waals surface area (Å²) in [6.07, 6.45) is 2.98. The molecule has 1 aromatic heterocycles. The highest BCUT2D eigenvalue weighted by Crippen LogP contribution is 2.02. The Morgan fingerprint density at radius 2 is 2.26 bits per heavy atom. The van der Waals surface area contributed by atoms with Gasteiger partial charge in [-0.1, -0.05) is 6.92 Å². The molecule has 0 saturated carbocycles. The van der Waals surface area contributed by atoms with Gasteiger partial charge in [0.2, 0.25) is 5.91 Å². The van der Waals surface area contributed by atoms with E-state index < -0.39 is 0 Å². The van der Waals surface area contributed by atoms with Crippen LogP contribution in [0.5, 0.6) is 0 Å². The fourth-order valence-corrected chi connectivity index (χ4v) is 1.67. The number of hydrogen-bond donors (Lipinski definition) is 2. The van der Waals surface area contributed by atoms with E-state index in [1.807, 2.05) is 0 Å². The number of amides is 1. The van der Waals surface area contributed by atoms with E-state index in [1.165, 1.54) is 0 Å². The lowest BCUT2D eigenvalue weighted by atomic mass is 10.2. The van der Waals surface area contributed by atoms with Crippen LogP contribution in [0.15, 0.2) is 18.3 Å². The van der Waals surface area contributed by atoms with Crippen LogP contribution in [0.2, 0.25) is 0 Å². The molecule has 5 heteroatoms. The van der Waals surface area contributed by atoms with Crippen molar-refractivity contribution in [3.05, 3.63) is 24.0 Å². The largest absolute Gasteiger partial charge is 0.397 e. The van der Waals surface area contributed by atoms with E-state index in [0.29, 0.717) is 24.7 Å². The number of nitrogens with zero attached hydrogens (tertiary/aromatic N) is 2. The van der Waals surface area contributed by atoms with Crippen LogP contribution in [-0.2, 0) is 11.2 Å². The molecule has 3 N–H and O–H groups in total. The van der Waals surface area contributed by atoms with Gasteiger partial charge in [-0.05, 0) is 32.5 Å². The van der Waals surface area contributed by atoms with Crippen LogP contribution in [0.25, 0.3) is 0 Å². The molecule has 0 radical (unpaired) electrons. The number of hydrogen-bond acceptors (Lipinski definition) is 4. The number of aromatic nitrogens is 1. The Bertz CT molecular complexity index is 391. The van der Waals surface area contributed by atoms with Crippen molar-refractivity contribution in [2.45, 2.75) is 32.7 Å². The fraction of sp³-hybridized carbons (Fsp3) is 0.571. The lowest BCUT2D eigenvalue weighted by molar-refractivity contribution is -0.120. The molecule has 0 aliphatic carbocycles. The van der Waals surface area contributed by atoms with Gasteiger partial charge in [-0.2, -0.15) is 0 Å². The van der Waals surface area contributed by atoms with E-state index in [-0.39, 0.29) is 5.91 Å². The third-order valence-electron chi connectivity index (χ3n) is 3.32. The number of nitrogen functional groups attached to an aromatic ring is 1. The third-order valence-corrected chi connectivity index (χ3v) is 3.32. The maximum absolute atomic E-state index is 11.7. The third kappa shape index (κ3) is 5.70. The molecule has 0 fully saturated rings. The Morgan fingerprint density at radius 1 is 1.53 bits per heavy atom. The second-order valence-corrected chi connectivity index (χ2v) is 4.85. The summed E-state index contributed by atoms with van der Waals surface area (Å²) in [5.41, 5.74) is 6.89. The molecular formula is C14H24N4O. The molecule has 1 heterocycles. The lowest BCUT2D eigenvalue weighted by Crippen LogP contribution is -2.37. The van der Waals surface area contributed by atoms with Crippen molar-refractivity contribution in [3.63, 3.8) is 0 Å². The van der Waals surface area contributed by atoms with Crippen LogP contribution in [0.3, 0.4) is 0 Å². The molecule has 19 heavy (non-hydrogen) atoms. The smallest absolute Gasteiger partial charge is 0.226 e. The molecule has 0 saturated heterocycles. The van der Waals surface area contributed by atoms with Gasteiger partial charge in [0.15, 0.2) is 0 Å². The van der Waals surface area contributed by atoms with E-state index >= 15 is 0 Å². The first kappa shape index (κ1) is 15.4. The molecule has 106 valence electrons. The molecule has 0 spiro atoms. The second-order valence-electron chi connectivity index (χ2n) is 4.85. The minimum Gasteiger partial charge on any atom is -0.397 e. The summed E-state index contributed by atoms with van der Waals surface area (Å²) in [7, 11) is 2.07. The van der Waals surface area contributed by atoms with E-state index in [1.54, 1.807) is 18.3 Å². The maximum atomic E-state index is 11.7. The highest BCUT2D eigenvalue weighted by atomic mass is 16.1. The number of nitrogens with one attached hydrogen (secondary N) is 1. The minimum atomic E-state index is -0.00479. The molecule has 1 amide bonds. The zero-order chi connectivity index (χ0) is 14.3. The van der Waals surface area contributed by atoms with Gasteiger partial charge in [0.05, 0.1) is 18.3 Å². The first-order valence-electron chi connectivity index (χ1n) is 6.70. The number of likely N-dealkylation sites (N-methyl/N-ethyl adjacent to an activating group) is 1. The molecule has 5 nitrogen and oxygen atoms in total. The van der Waals surface area contributed by atoms with Gasteiger partial charge in [-0.15, -0.1) is 0 Å². The average molecular weight is 264 g/mol. The maximum Gasteiger partial charge on any atom is 0.226 e. The SMILES string of the molecule is CCC(C)N(C)CCNC(=O)Cc1ccc(N)cn1. The van der Waals surface area contributed by atoms with Crippen molar-refractivity contribution in [1.29, 1.82) is 0 Å². The van der Waals surface area contributed by atoms with E-state index in [2.05, 4.69) is 36.1 Å². The Morgan fingerprint density at radius 3 is 2.84 bits per heavy atom. The first-order chi connectivity index (χ1) is 9.02. The second kappa shape index (κ2) is 7.74. The van der Waals surface area contributed by atoms with Crippen molar-refractivity contribution in [2.24, 2.45) is 0 Å². The molecule has 0 aliphatic rings. The monoisotopic (exact) mass is 264 g/mol. The van der Waals surface area contributed by atoms with E-state index in [9.17, 15) is 4.79 Å². The minimum absolute atomic E-state index is 0.00479. The standard InChI is InChI=1S/C14H24N4O/c1-4-11(2)18(3)8-7-16-14(19)9-13-6-5-12(15)10-17-13/h5-6,10-11H,4,7-9,15H2,1-3H3,(H,16,19). The van der Waals surface area contributed by atoms with Crippen LogP contribution >= 0.6 is 0 Å². The van der Waals surface area contributed by atoms with Gasteiger partial charge in [0.1, 0.15) is 0 Å². The van der Waals surface area contributed by atoms with Crippen molar-refractivity contribution in [1.82, 2.24) is 15.2 Å². The number of carbonyl (C=O) groups is 1. The average Bonchev–Trinajstić information content (AvgIpc) is 2.40. The van der Waals surface area contributed by atoms with Gasteiger partial charge in [0.25, 0.3) is 0 Å². The van der Waals surface area contributed by atoms with Crippen molar-refractivity contribution in [3.8, 4) is 0 Å². The molecule has 1 unspecified atom stereocenters. The highest BCUT2D eigenvalue weighted by Gasteiger charge is 2.08. The molecule has 1 aromatic rings. The quantitative estimate of drug-likeness (QED) is 0.772. The van der Waals surface area contributed by atoms with Crippen LogP contribution in [-0.4, -0.2) is 42.0 Å². The van der Waals surface area contributed by atoms with Crippen LogP contribution in [0, 0.1) is 0 Å². The van der Waals surface area contributed by atoms with E-state index in [4.69, 9.17) is 5.73 Å². The van der Waals surface area contributed by atoms with Crippen LogP contribution < -0.4 is 11.1 Å². The summed E-state index contributed by atoms with van der Waals surface area (Å²) < 4.78 is 0. The highest BCUT2D eigenvalue weighted by molar-refractivity contribution is 5.78. The number of anilines is 1. The molecular weight excluding hydrogens is 240 g/mol. The molecule has 1 rings (SSSR count). The summed E-state index contributed by atoms with van der Waals surface area (Å²) in [6, 6.07) is 4.07. The zero-order valence-electron chi connectivity index (χ0n) is 12.0. The molecule has 0 bridgehead atoms. The molecule has 1 atom stereocenters. The van der Waals surface area contributed by atoms with Gasteiger partial charge in [-0.25, -0.2) is 0 Å². The predicted octanol–water partition coefficient (Wildman–Crippen LogP) is 1.05. The Balaban J connectivity index is 2.26. The lowest BCUT2D eigenvalue weighted by Gasteiger charge is -2.23. The van der Waals surface area contributed by atoms with Crippen LogP contribution in [0.1, 0.15) is 26.0 Å². The van der Waals surface area contributed by atoms with Crippen molar-refractivity contribution in [2.75, 3.05) is 25.9 Å². The summed E-state index contributed by atoms with van der Waals surface area (Å²) in [5, 5.41) is 2.90. The fourth-order valence-electron chi connectivity index (χ4n) is 1.67. The number of carbonyl (C=O) groups excluding carboxylic acids is 1. The van der Waals surface area contributed by atoms with Gasteiger partial charge >= 0.3 is 0 Å². The van der Waals surface area contributed by atoms with Crippen molar-refractivity contribution >= 4 is 11.6 Å². The van der Waals surface area contributed by atoms with Gasteiger partial charge in [-0.3, -0.25) is 9.78 Å². The number of nitrogens with two attached hydrogens (primary N) is 1. The van der Waals surface area contributed by atoms with Gasteiger partial charge < -0.3 is 16.0 Å². The van der Waals surface area contributed by atoms with Crippen molar-refractivity contribution < 1.29 is 4.79 Å². The predicted molar refractivity (Wildman–Crippen MR) is 77.7 cm³/mol. The summed E-state index contributed by atoms with van der Waals surface area (Å²) in [5.74, 6) is -0.00479. The normalized spacial score (nSPS) is 12.4. The van der Waals surface area contributed by atoms with E-state index in [0.717, 1.165) is 18.7 Å². The first-order valence-corrected chi connectivity index (χ1v) is 6.70. The zero-order valence-corrected chi connectivity index (χ0v) is 12.0. The molecule has 0 aromatic carbocycles. The van der Waals surface area contributed by atoms with Crippen LogP contribution in [0.4, 0.5) is 5.69 Å². The van der Waals surface area contributed by atoms with Gasteiger partial charge in [0, 0.05) is 24.8 Å². The Hall–Kier alpha value is -1.62. The summed E-state index contributed by atoms with van der Waals surface area (Å²) in [6.45, 7) is 5.86. The summed E-state index contributed by atoms with van der Waals surface area (Å²) in [4.78, 5) is 18.1. The number of pyridine rings is 1. The Labute approximate surface area is 115 Å². The Kier molecular flexibility index (Phi) is 6.29. The number of rotatable bonds is 7. The topological polar surface area (TPSA) is 71.2 Å².